The van der Waals surface area contributed by atoms with E-state index in [9.17, 15) is 13.2 Å². The molecule has 162 valence electrons. The summed E-state index contributed by atoms with van der Waals surface area (Å²) in [7, 11) is -0.556. The number of rotatable bonds is 9. The molecule has 1 amide bonds. The van der Waals surface area contributed by atoms with Crippen LogP contribution < -0.4 is 19.5 Å². The van der Waals surface area contributed by atoms with Crippen molar-refractivity contribution in [2.45, 2.75) is 9.79 Å². The summed E-state index contributed by atoms with van der Waals surface area (Å²) < 4.78 is 37.7. The predicted molar refractivity (Wildman–Crippen MR) is 123 cm³/mol. The number of amides is 1. The molecule has 9 heteroatoms. The minimum absolute atomic E-state index is 0.186. The Balaban J connectivity index is 1.56. The van der Waals surface area contributed by atoms with Crippen molar-refractivity contribution in [1.82, 2.24) is 0 Å². The average Bonchev–Trinajstić information content (AvgIpc) is 2.78. The Morgan fingerprint density at radius 3 is 2.06 bits per heavy atom. The fourth-order valence-electron chi connectivity index (χ4n) is 2.66. The summed E-state index contributed by atoms with van der Waals surface area (Å²) in [6.45, 7) is 0. The van der Waals surface area contributed by atoms with Gasteiger partial charge in [-0.3, -0.25) is 9.52 Å². The normalized spacial score (nSPS) is 10.9. The Bertz CT molecular complexity index is 1110. The van der Waals surface area contributed by atoms with Crippen molar-refractivity contribution in [3.05, 3.63) is 72.8 Å². The second-order valence-corrected chi connectivity index (χ2v) is 9.11. The first kappa shape index (κ1) is 22.5. The molecule has 0 saturated heterocycles. The molecule has 7 nitrogen and oxygen atoms in total. The first-order chi connectivity index (χ1) is 14.9. The van der Waals surface area contributed by atoms with Gasteiger partial charge in [-0.25, -0.2) is 8.42 Å². The minimum atomic E-state index is -3.64. The molecular weight excluding hydrogens is 436 g/mol. The second-order valence-electron chi connectivity index (χ2n) is 6.38. The van der Waals surface area contributed by atoms with Crippen LogP contribution in [0.3, 0.4) is 0 Å². The van der Waals surface area contributed by atoms with Crippen LogP contribution in [0.4, 0.5) is 11.4 Å². The summed E-state index contributed by atoms with van der Waals surface area (Å²) in [6, 6.07) is 20.1. The van der Waals surface area contributed by atoms with Crippen molar-refractivity contribution < 1.29 is 22.7 Å². The number of benzene rings is 3. The number of hydrogen-bond acceptors (Lipinski definition) is 6. The van der Waals surface area contributed by atoms with Gasteiger partial charge in [0.1, 0.15) is 11.5 Å². The van der Waals surface area contributed by atoms with E-state index in [-0.39, 0.29) is 16.6 Å². The topological polar surface area (TPSA) is 93.7 Å². The van der Waals surface area contributed by atoms with E-state index in [0.717, 1.165) is 4.90 Å². The van der Waals surface area contributed by atoms with Crippen molar-refractivity contribution in [2.75, 3.05) is 30.0 Å². The van der Waals surface area contributed by atoms with Gasteiger partial charge in [0, 0.05) is 34.5 Å². The van der Waals surface area contributed by atoms with Crippen LogP contribution in [0.15, 0.2) is 82.6 Å². The molecule has 0 aliphatic rings. The standard InChI is InChI=1S/C22H22N2O5S2/c1-28-18-12-17(13-19(14-18)29-2)23-22(25)15-30-20-10-8-16(9-11-20)24-31(26,27)21-6-4-3-5-7-21/h3-14,24H,15H2,1-2H3,(H,23,25). The van der Waals surface area contributed by atoms with Crippen molar-refractivity contribution in [3.63, 3.8) is 0 Å². The summed E-state index contributed by atoms with van der Waals surface area (Å²) in [5, 5.41) is 2.81. The van der Waals surface area contributed by atoms with Crippen LogP contribution in [0.25, 0.3) is 0 Å². The Kier molecular flexibility index (Phi) is 7.43. The van der Waals surface area contributed by atoms with Gasteiger partial charge < -0.3 is 14.8 Å². The summed E-state index contributed by atoms with van der Waals surface area (Å²) >= 11 is 1.34. The number of anilines is 2. The lowest BCUT2D eigenvalue weighted by atomic mass is 10.2. The van der Waals surface area contributed by atoms with Gasteiger partial charge in [0.15, 0.2) is 0 Å². The number of thioether (sulfide) groups is 1. The fourth-order valence-corrected chi connectivity index (χ4v) is 4.44. The molecule has 31 heavy (non-hydrogen) atoms. The molecular formula is C22H22N2O5S2. The van der Waals surface area contributed by atoms with Crippen molar-refractivity contribution in [2.24, 2.45) is 0 Å². The number of carbonyl (C=O) groups is 1. The molecule has 0 aliphatic heterocycles. The maximum absolute atomic E-state index is 12.4. The zero-order valence-corrected chi connectivity index (χ0v) is 18.6. The minimum Gasteiger partial charge on any atom is -0.497 e. The Hall–Kier alpha value is -3.17. The first-order valence-corrected chi connectivity index (χ1v) is 11.7. The van der Waals surface area contributed by atoms with Crippen LogP contribution in [0.5, 0.6) is 11.5 Å². The summed E-state index contributed by atoms with van der Waals surface area (Å²) in [4.78, 5) is 13.3. The van der Waals surface area contributed by atoms with E-state index in [1.807, 2.05) is 0 Å². The molecule has 3 aromatic carbocycles. The van der Waals surface area contributed by atoms with Crippen LogP contribution >= 0.6 is 11.8 Å². The largest absolute Gasteiger partial charge is 0.497 e. The molecule has 3 rings (SSSR count). The highest BCUT2D eigenvalue weighted by Gasteiger charge is 2.13. The van der Waals surface area contributed by atoms with Crippen LogP contribution in [-0.2, 0) is 14.8 Å². The van der Waals surface area contributed by atoms with Crippen LogP contribution in [0, 0.1) is 0 Å². The third-order valence-electron chi connectivity index (χ3n) is 4.17. The zero-order chi connectivity index (χ0) is 22.3. The molecule has 0 atom stereocenters. The lowest BCUT2D eigenvalue weighted by Gasteiger charge is -2.10. The molecule has 0 spiro atoms. The van der Waals surface area contributed by atoms with Crippen molar-refractivity contribution in [1.29, 1.82) is 0 Å². The summed E-state index contributed by atoms with van der Waals surface area (Å²) in [5.41, 5.74) is 1.02. The van der Waals surface area contributed by atoms with Gasteiger partial charge in [-0.05, 0) is 36.4 Å². The highest BCUT2D eigenvalue weighted by molar-refractivity contribution is 8.00. The van der Waals surface area contributed by atoms with E-state index in [1.165, 1.54) is 23.9 Å². The van der Waals surface area contributed by atoms with E-state index in [2.05, 4.69) is 10.0 Å². The first-order valence-electron chi connectivity index (χ1n) is 9.23. The number of ether oxygens (including phenoxy) is 2. The molecule has 0 heterocycles. The molecule has 0 radical (unpaired) electrons. The van der Waals surface area contributed by atoms with Gasteiger partial charge in [-0.15, -0.1) is 11.8 Å². The van der Waals surface area contributed by atoms with E-state index in [4.69, 9.17) is 9.47 Å². The monoisotopic (exact) mass is 458 g/mol. The molecule has 0 fully saturated rings. The SMILES string of the molecule is COc1cc(NC(=O)CSc2ccc(NS(=O)(=O)c3ccccc3)cc2)cc(OC)c1. The van der Waals surface area contributed by atoms with Gasteiger partial charge in [0.05, 0.1) is 24.9 Å². The second kappa shape index (κ2) is 10.2. The van der Waals surface area contributed by atoms with E-state index in [1.54, 1.807) is 74.9 Å². The number of hydrogen-bond donors (Lipinski definition) is 2. The predicted octanol–water partition coefficient (Wildman–Crippen LogP) is 4.24. The van der Waals surface area contributed by atoms with Gasteiger partial charge in [-0.1, -0.05) is 18.2 Å². The summed E-state index contributed by atoms with van der Waals surface area (Å²) in [5.74, 6) is 1.16. The molecule has 0 saturated carbocycles. The van der Waals surface area contributed by atoms with E-state index < -0.39 is 10.0 Å². The summed E-state index contributed by atoms with van der Waals surface area (Å²) in [6.07, 6.45) is 0. The fraction of sp³-hybridized carbons (Fsp3) is 0.136. The highest BCUT2D eigenvalue weighted by atomic mass is 32.2. The van der Waals surface area contributed by atoms with E-state index >= 15 is 0 Å². The van der Waals surface area contributed by atoms with Crippen LogP contribution in [0.2, 0.25) is 0 Å². The molecule has 3 aromatic rings. The van der Waals surface area contributed by atoms with Crippen LogP contribution in [-0.4, -0.2) is 34.3 Å². The quantitative estimate of drug-likeness (QED) is 0.466. The van der Waals surface area contributed by atoms with E-state index in [0.29, 0.717) is 22.9 Å². The van der Waals surface area contributed by atoms with Crippen molar-refractivity contribution in [3.8, 4) is 11.5 Å². The number of methoxy groups -OCH3 is 2. The van der Waals surface area contributed by atoms with Crippen LogP contribution in [0.1, 0.15) is 0 Å². The zero-order valence-electron chi connectivity index (χ0n) is 17.0. The molecule has 2 N–H and O–H groups in total. The number of sulfonamides is 1. The van der Waals surface area contributed by atoms with Gasteiger partial charge in [-0.2, -0.15) is 0 Å². The molecule has 0 unspecified atom stereocenters. The Morgan fingerprint density at radius 1 is 0.871 bits per heavy atom. The maximum Gasteiger partial charge on any atom is 0.261 e. The van der Waals surface area contributed by atoms with Crippen molar-refractivity contribution >= 4 is 39.1 Å². The lowest BCUT2D eigenvalue weighted by molar-refractivity contribution is -0.113. The molecule has 0 bridgehead atoms. The number of nitrogens with one attached hydrogen (secondary N) is 2. The maximum atomic E-state index is 12.4. The third kappa shape index (κ3) is 6.40. The lowest BCUT2D eigenvalue weighted by Crippen LogP contribution is -2.14. The van der Waals surface area contributed by atoms with Gasteiger partial charge in [0.25, 0.3) is 10.0 Å². The smallest absolute Gasteiger partial charge is 0.261 e. The van der Waals surface area contributed by atoms with Gasteiger partial charge >= 0.3 is 0 Å². The number of carbonyl (C=O) groups excluding carboxylic acids is 1. The third-order valence-corrected chi connectivity index (χ3v) is 6.57. The molecule has 0 aliphatic carbocycles. The highest BCUT2D eigenvalue weighted by Crippen LogP contribution is 2.27. The van der Waals surface area contributed by atoms with Gasteiger partial charge in [0.2, 0.25) is 5.91 Å². The average molecular weight is 459 g/mol. The Morgan fingerprint density at radius 2 is 1.48 bits per heavy atom. The Labute approximate surface area is 185 Å². The molecule has 0 aromatic heterocycles.